The van der Waals surface area contributed by atoms with Crippen molar-refractivity contribution < 1.29 is 58.6 Å². The summed E-state index contributed by atoms with van der Waals surface area (Å²) in [5.74, 6) is -0.559. The maximum Gasteiger partial charge on any atom is 0.416 e. The van der Waals surface area contributed by atoms with Gasteiger partial charge in [-0.2, -0.15) is 39.5 Å². The lowest BCUT2D eigenvalue weighted by molar-refractivity contribution is -0.143. The molecule has 0 N–H and O–H groups in total. The lowest BCUT2D eigenvalue weighted by Crippen LogP contribution is -2.32. The van der Waals surface area contributed by atoms with E-state index in [-0.39, 0.29) is 36.9 Å². The van der Waals surface area contributed by atoms with Crippen molar-refractivity contribution >= 4 is 46.3 Å². The molecule has 0 aromatic heterocycles. The van der Waals surface area contributed by atoms with Gasteiger partial charge in [0.05, 0.1) is 42.0 Å². The van der Waals surface area contributed by atoms with Gasteiger partial charge in [0, 0.05) is 19.7 Å². The van der Waals surface area contributed by atoms with Gasteiger partial charge in [0.25, 0.3) is 0 Å². The second-order valence-electron chi connectivity index (χ2n) is 11.7. The second-order valence-corrected chi connectivity index (χ2v) is 13.3. The Hall–Kier alpha value is -3.99. The van der Waals surface area contributed by atoms with Crippen molar-refractivity contribution in [3.05, 3.63) is 114 Å². The Balaban J connectivity index is 1.60. The number of aryl methyl sites for hydroxylation is 1. The van der Waals surface area contributed by atoms with Gasteiger partial charge >= 0.3 is 30.6 Å². The minimum absolute atomic E-state index is 0.0631. The first kappa shape index (κ1) is 38.2. The van der Waals surface area contributed by atoms with Gasteiger partial charge in [-0.15, -0.1) is 0 Å². The molecule has 5 nitrogen and oxygen atoms in total. The molecule has 0 aliphatic carbocycles. The lowest BCUT2D eigenvalue weighted by atomic mass is 9.92. The van der Waals surface area contributed by atoms with E-state index >= 15 is 0 Å². The van der Waals surface area contributed by atoms with Crippen LogP contribution in [0.15, 0.2) is 66.7 Å². The van der Waals surface area contributed by atoms with E-state index in [1.165, 1.54) is 26.2 Å². The largest absolute Gasteiger partial charge is 0.465 e. The van der Waals surface area contributed by atoms with Crippen LogP contribution < -0.4 is 0 Å². The molecule has 1 amide bonds. The molecule has 51 heavy (non-hydrogen) atoms. The average molecular weight is 856 g/mol. The Labute approximate surface area is 303 Å². The van der Waals surface area contributed by atoms with E-state index in [1.807, 2.05) is 0 Å². The summed E-state index contributed by atoms with van der Waals surface area (Å²) in [5, 5.41) is 0.125. The van der Waals surface area contributed by atoms with Gasteiger partial charge in [-0.25, -0.2) is 9.59 Å². The minimum Gasteiger partial charge on any atom is -0.465 e. The zero-order valence-corrected chi connectivity index (χ0v) is 29.4. The molecule has 0 saturated carbocycles. The predicted molar refractivity (Wildman–Crippen MR) is 177 cm³/mol. The normalized spacial score (nSPS) is 16.7. The first-order chi connectivity index (χ1) is 23.6. The predicted octanol–water partition coefficient (Wildman–Crippen LogP) is 11.5. The maximum atomic E-state index is 14.1. The smallest absolute Gasteiger partial charge is 0.416 e. The number of ether oxygens (including phenoxy) is 2. The Morgan fingerprint density at radius 3 is 1.98 bits per heavy atom. The highest BCUT2D eigenvalue weighted by atomic mass is 127. The summed E-state index contributed by atoms with van der Waals surface area (Å²) in [7, 11) is 1.23. The van der Waals surface area contributed by atoms with Crippen molar-refractivity contribution in [3.8, 4) is 22.3 Å². The monoisotopic (exact) mass is 855 g/mol. The van der Waals surface area contributed by atoms with Crippen molar-refractivity contribution in [2.45, 2.75) is 51.1 Å². The molecule has 1 heterocycles. The summed E-state index contributed by atoms with van der Waals surface area (Å²) in [4.78, 5) is 26.1. The SMILES string of the molecule is COC(=O)c1ccc(-c2ccc(Cl)c(-c3c(I)cc(C(F)(F)F)cc3CN3C(=O)O[C@H](c4cc(C(F)(F)F)cc(C(F)(F)F)c4)[C@@H]3C)c2)c(C)c1. The quantitative estimate of drug-likeness (QED) is 0.110. The molecule has 1 aliphatic rings. The fraction of sp³-hybridized carbons (Fsp3) is 0.257. The summed E-state index contributed by atoms with van der Waals surface area (Å²) in [6.45, 7) is 2.46. The second kappa shape index (κ2) is 13.9. The van der Waals surface area contributed by atoms with E-state index in [2.05, 4.69) is 0 Å². The van der Waals surface area contributed by atoms with Crippen LogP contribution in [0.2, 0.25) is 5.02 Å². The third-order valence-electron chi connectivity index (χ3n) is 8.36. The number of methoxy groups -OCH3 is 1. The van der Waals surface area contributed by atoms with Crippen LogP contribution >= 0.6 is 34.2 Å². The number of alkyl halides is 9. The Kier molecular flexibility index (Phi) is 10.4. The fourth-order valence-electron chi connectivity index (χ4n) is 5.86. The summed E-state index contributed by atoms with van der Waals surface area (Å²) in [6, 6.07) is 10.9. The first-order valence-electron chi connectivity index (χ1n) is 14.8. The molecule has 0 unspecified atom stereocenters. The average Bonchev–Trinajstić information content (AvgIpc) is 3.31. The van der Waals surface area contributed by atoms with E-state index < -0.39 is 71.5 Å². The summed E-state index contributed by atoms with van der Waals surface area (Å²) >= 11 is 8.32. The number of halogens is 11. The number of carbonyl (C=O) groups excluding carboxylic acids is 2. The van der Waals surface area contributed by atoms with Crippen LogP contribution in [-0.4, -0.2) is 30.1 Å². The number of rotatable bonds is 6. The summed E-state index contributed by atoms with van der Waals surface area (Å²) in [5.41, 5.74) is -2.33. The van der Waals surface area contributed by atoms with Gasteiger partial charge in [0.1, 0.15) is 6.10 Å². The van der Waals surface area contributed by atoms with Gasteiger partial charge in [0.15, 0.2) is 0 Å². The molecule has 4 aromatic carbocycles. The Bertz CT molecular complexity index is 2000. The molecule has 16 heteroatoms. The molecule has 2 atom stereocenters. The molecule has 1 fully saturated rings. The van der Waals surface area contributed by atoms with Crippen LogP contribution in [0.25, 0.3) is 22.3 Å². The van der Waals surface area contributed by atoms with Crippen molar-refractivity contribution in [1.29, 1.82) is 0 Å². The van der Waals surface area contributed by atoms with Crippen LogP contribution in [0.5, 0.6) is 0 Å². The van der Waals surface area contributed by atoms with E-state index in [1.54, 1.807) is 53.8 Å². The molecule has 4 aromatic rings. The van der Waals surface area contributed by atoms with Crippen molar-refractivity contribution in [3.63, 3.8) is 0 Å². The number of hydrogen-bond acceptors (Lipinski definition) is 4. The maximum absolute atomic E-state index is 14.1. The third-order valence-corrected chi connectivity index (χ3v) is 9.55. The number of nitrogens with zero attached hydrogens (tertiary/aromatic N) is 1. The molecular weight excluding hydrogens is 832 g/mol. The minimum atomic E-state index is -5.17. The van der Waals surface area contributed by atoms with Gasteiger partial charge in [-0.05, 0) is 119 Å². The van der Waals surface area contributed by atoms with Crippen LogP contribution in [-0.2, 0) is 34.5 Å². The molecule has 0 bridgehead atoms. The standard InChI is InChI=1S/C35H24ClF9INO4/c1-16-8-19(31(48)50-3)4-6-25(16)18-5-7-27(36)26(12-18)29-21(11-24(14-28(29)46)35(43,44)45)15-47-17(2)30(51-32(47)49)20-9-22(33(37,38)39)13-23(10-20)34(40,41)42/h4-14,17,30H,15H2,1-3H3/t17-,30-/m0/s1. The van der Waals surface area contributed by atoms with Gasteiger partial charge in [0.2, 0.25) is 0 Å². The van der Waals surface area contributed by atoms with Gasteiger partial charge < -0.3 is 9.47 Å². The zero-order valence-electron chi connectivity index (χ0n) is 26.5. The van der Waals surface area contributed by atoms with Gasteiger partial charge in [-0.1, -0.05) is 23.7 Å². The van der Waals surface area contributed by atoms with Crippen LogP contribution in [0.1, 0.15) is 56.8 Å². The van der Waals surface area contributed by atoms with Crippen LogP contribution in [0, 0.1) is 10.5 Å². The number of benzene rings is 4. The molecule has 5 rings (SSSR count). The topological polar surface area (TPSA) is 55.8 Å². The lowest BCUT2D eigenvalue weighted by Gasteiger charge is -2.25. The highest BCUT2D eigenvalue weighted by Gasteiger charge is 2.44. The molecular formula is C35H24ClF9INO4. The number of cyclic esters (lactones) is 1. The van der Waals surface area contributed by atoms with E-state index in [0.29, 0.717) is 28.8 Å². The van der Waals surface area contributed by atoms with E-state index in [4.69, 9.17) is 21.1 Å². The van der Waals surface area contributed by atoms with Crippen molar-refractivity contribution in [2.75, 3.05) is 7.11 Å². The first-order valence-corrected chi connectivity index (χ1v) is 16.2. The Morgan fingerprint density at radius 2 is 1.43 bits per heavy atom. The number of esters is 1. The molecule has 270 valence electrons. The third kappa shape index (κ3) is 7.93. The molecule has 0 spiro atoms. The number of hydrogen-bond donors (Lipinski definition) is 0. The Morgan fingerprint density at radius 1 is 0.843 bits per heavy atom. The molecule has 0 radical (unpaired) electrons. The molecule has 1 aliphatic heterocycles. The molecule has 1 saturated heterocycles. The van der Waals surface area contributed by atoms with Gasteiger partial charge in [-0.3, -0.25) is 4.90 Å². The highest BCUT2D eigenvalue weighted by Crippen LogP contribution is 2.44. The highest BCUT2D eigenvalue weighted by molar-refractivity contribution is 14.1. The number of carbonyl (C=O) groups is 2. The fourth-order valence-corrected chi connectivity index (χ4v) is 7.04. The van der Waals surface area contributed by atoms with E-state index in [9.17, 15) is 49.1 Å². The van der Waals surface area contributed by atoms with Crippen molar-refractivity contribution in [2.24, 2.45) is 0 Å². The van der Waals surface area contributed by atoms with Crippen LogP contribution in [0.3, 0.4) is 0 Å². The van der Waals surface area contributed by atoms with Crippen molar-refractivity contribution in [1.82, 2.24) is 4.90 Å². The summed E-state index contributed by atoms with van der Waals surface area (Å²) in [6.07, 6.45) is -18.0. The zero-order chi connectivity index (χ0) is 37.8. The van der Waals surface area contributed by atoms with Crippen LogP contribution in [0.4, 0.5) is 44.3 Å². The summed E-state index contributed by atoms with van der Waals surface area (Å²) < 4.78 is 134. The number of amides is 1. The van der Waals surface area contributed by atoms with E-state index in [0.717, 1.165) is 17.0 Å².